The van der Waals surface area contributed by atoms with Gasteiger partial charge >= 0.3 is 0 Å². The third-order valence-corrected chi connectivity index (χ3v) is 3.74. The molecule has 1 heterocycles. The fourth-order valence-electron chi connectivity index (χ4n) is 2.08. The molecule has 0 saturated heterocycles. The Hall–Kier alpha value is -1.09. The first-order valence-corrected chi connectivity index (χ1v) is 7.04. The van der Waals surface area contributed by atoms with E-state index in [1.165, 1.54) is 5.56 Å². The second kappa shape index (κ2) is 6.90. The summed E-state index contributed by atoms with van der Waals surface area (Å²) in [5.41, 5.74) is 2.17. The Morgan fingerprint density at radius 3 is 2.32 bits per heavy atom. The maximum Gasteiger partial charge on any atom is 0.0453 e. The molecule has 1 atom stereocenters. The summed E-state index contributed by atoms with van der Waals surface area (Å²) in [5.74, 6) is 0. The van der Waals surface area contributed by atoms with Gasteiger partial charge in [0.1, 0.15) is 0 Å². The van der Waals surface area contributed by atoms with Crippen LogP contribution in [0.4, 0.5) is 0 Å². The molecule has 0 radical (unpaired) electrons. The molecule has 0 fully saturated rings. The number of likely N-dealkylation sites (N-methyl/N-ethyl adjacent to an activating group) is 1. The number of benzene rings is 1. The Balaban J connectivity index is 2.27. The molecule has 1 unspecified atom stereocenters. The van der Waals surface area contributed by atoms with E-state index >= 15 is 0 Å². The first-order valence-electron chi connectivity index (χ1n) is 6.28. The molecule has 0 saturated carbocycles. The third kappa shape index (κ3) is 3.69. The van der Waals surface area contributed by atoms with Crippen LogP contribution in [0.1, 0.15) is 24.1 Å². The zero-order valence-corrected chi connectivity index (χ0v) is 12.2. The average Bonchev–Trinajstić information content (AvgIpc) is 2.43. The second-order valence-electron chi connectivity index (χ2n) is 4.30. The van der Waals surface area contributed by atoms with E-state index in [0.717, 1.165) is 18.5 Å². The zero-order valence-electron chi connectivity index (χ0n) is 10.7. The molecule has 0 amide bonds. The standard InChI is InChI=1S/C15H16Cl2N2/c1-2-19-15(11-6-8-18-9-7-11)10-12-13(16)4-3-5-14(12)17/h3-9,15,19H,2,10H2,1H3. The molecule has 1 aromatic carbocycles. The van der Waals surface area contributed by atoms with Gasteiger partial charge in [0, 0.05) is 28.5 Å². The van der Waals surface area contributed by atoms with Gasteiger partial charge in [-0.1, -0.05) is 36.2 Å². The van der Waals surface area contributed by atoms with Gasteiger partial charge in [0.2, 0.25) is 0 Å². The van der Waals surface area contributed by atoms with Gasteiger partial charge in [-0.15, -0.1) is 0 Å². The molecule has 1 aromatic heterocycles. The van der Waals surface area contributed by atoms with Crippen LogP contribution in [0.5, 0.6) is 0 Å². The Morgan fingerprint density at radius 2 is 1.74 bits per heavy atom. The Bertz CT molecular complexity index is 509. The van der Waals surface area contributed by atoms with Crippen LogP contribution >= 0.6 is 23.2 Å². The van der Waals surface area contributed by atoms with Gasteiger partial charge in [0.15, 0.2) is 0 Å². The molecule has 2 aromatic rings. The lowest BCUT2D eigenvalue weighted by atomic mass is 9.99. The summed E-state index contributed by atoms with van der Waals surface area (Å²) >= 11 is 12.5. The number of pyridine rings is 1. The molecule has 0 aliphatic rings. The van der Waals surface area contributed by atoms with E-state index in [9.17, 15) is 0 Å². The Labute approximate surface area is 123 Å². The summed E-state index contributed by atoms with van der Waals surface area (Å²) < 4.78 is 0. The second-order valence-corrected chi connectivity index (χ2v) is 5.11. The molecule has 19 heavy (non-hydrogen) atoms. The van der Waals surface area contributed by atoms with Crippen LogP contribution in [0.2, 0.25) is 10.0 Å². The maximum atomic E-state index is 6.24. The Kier molecular flexibility index (Phi) is 5.20. The van der Waals surface area contributed by atoms with Crippen LogP contribution < -0.4 is 5.32 Å². The number of nitrogens with one attached hydrogen (secondary N) is 1. The van der Waals surface area contributed by atoms with Crippen molar-refractivity contribution in [1.29, 1.82) is 0 Å². The van der Waals surface area contributed by atoms with Crippen molar-refractivity contribution in [3.05, 3.63) is 63.9 Å². The van der Waals surface area contributed by atoms with Gasteiger partial charge in [-0.05, 0) is 48.4 Å². The summed E-state index contributed by atoms with van der Waals surface area (Å²) in [7, 11) is 0. The van der Waals surface area contributed by atoms with Crippen LogP contribution in [-0.2, 0) is 6.42 Å². The van der Waals surface area contributed by atoms with E-state index in [1.807, 2.05) is 30.3 Å². The van der Waals surface area contributed by atoms with Crippen molar-refractivity contribution < 1.29 is 0 Å². The fourth-order valence-corrected chi connectivity index (χ4v) is 2.63. The molecule has 4 heteroatoms. The zero-order chi connectivity index (χ0) is 13.7. The molecule has 0 aliphatic heterocycles. The van der Waals surface area contributed by atoms with E-state index in [0.29, 0.717) is 10.0 Å². The first-order chi connectivity index (χ1) is 9.22. The highest BCUT2D eigenvalue weighted by molar-refractivity contribution is 6.36. The minimum atomic E-state index is 0.186. The normalized spacial score (nSPS) is 12.4. The van der Waals surface area contributed by atoms with Crippen molar-refractivity contribution in [2.45, 2.75) is 19.4 Å². The van der Waals surface area contributed by atoms with Gasteiger partial charge in [-0.3, -0.25) is 4.98 Å². The number of halogens is 2. The van der Waals surface area contributed by atoms with Gasteiger partial charge in [-0.2, -0.15) is 0 Å². The predicted molar refractivity (Wildman–Crippen MR) is 80.8 cm³/mol. The number of aromatic nitrogens is 1. The van der Waals surface area contributed by atoms with E-state index in [1.54, 1.807) is 12.4 Å². The fraction of sp³-hybridized carbons (Fsp3) is 0.267. The topological polar surface area (TPSA) is 24.9 Å². The smallest absolute Gasteiger partial charge is 0.0453 e. The van der Waals surface area contributed by atoms with Gasteiger partial charge in [-0.25, -0.2) is 0 Å². The number of hydrogen-bond donors (Lipinski definition) is 1. The molecule has 0 bridgehead atoms. The van der Waals surface area contributed by atoms with Crippen LogP contribution in [0, 0.1) is 0 Å². The van der Waals surface area contributed by atoms with Crippen molar-refractivity contribution in [3.63, 3.8) is 0 Å². The molecular formula is C15H16Cl2N2. The molecule has 2 nitrogen and oxygen atoms in total. The van der Waals surface area contributed by atoms with Crippen molar-refractivity contribution in [1.82, 2.24) is 10.3 Å². The summed E-state index contributed by atoms with van der Waals surface area (Å²) in [6.07, 6.45) is 4.36. The van der Waals surface area contributed by atoms with E-state index in [-0.39, 0.29) is 6.04 Å². The van der Waals surface area contributed by atoms with E-state index in [2.05, 4.69) is 17.2 Å². The lowest BCUT2D eigenvalue weighted by molar-refractivity contribution is 0.549. The lowest BCUT2D eigenvalue weighted by Gasteiger charge is -2.19. The summed E-state index contributed by atoms with van der Waals surface area (Å²) in [6, 6.07) is 9.82. The molecule has 0 aliphatic carbocycles. The molecule has 1 N–H and O–H groups in total. The number of rotatable bonds is 5. The third-order valence-electron chi connectivity index (χ3n) is 3.03. The summed E-state index contributed by atoms with van der Waals surface area (Å²) in [5, 5.41) is 4.88. The Morgan fingerprint density at radius 1 is 1.11 bits per heavy atom. The van der Waals surface area contributed by atoms with Gasteiger partial charge < -0.3 is 5.32 Å². The molecule has 2 rings (SSSR count). The number of nitrogens with zero attached hydrogens (tertiary/aromatic N) is 1. The summed E-state index contributed by atoms with van der Waals surface area (Å²) in [6.45, 7) is 2.97. The van der Waals surface area contributed by atoms with Crippen molar-refractivity contribution in [2.24, 2.45) is 0 Å². The van der Waals surface area contributed by atoms with Crippen LogP contribution in [0.3, 0.4) is 0 Å². The summed E-state index contributed by atoms with van der Waals surface area (Å²) in [4.78, 5) is 4.05. The average molecular weight is 295 g/mol. The molecule has 100 valence electrons. The minimum Gasteiger partial charge on any atom is -0.310 e. The van der Waals surface area contributed by atoms with Crippen molar-refractivity contribution in [2.75, 3.05) is 6.54 Å². The van der Waals surface area contributed by atoms with Crippen molar-refractivity contribution >= 4 is 23.2 Å². The largest absolute Gasteiger partial charge is 0.310 e. The first kappa shape index (κ1) is 14.3. The quantitative estimate of drug-likeness (QED) is 0.890. The maximum absolute atomic E-state index is 6.24. The highest BCUT2D eigenvalue weighted by atomic mass is 35.5. The monoisotopic (exact) mass is 294 g/mol. The molecular weight excluding hydrogens is 279 g/mol. The van der Waals surface area contributed by atoms with E-state index in [4.69, 9.17) is 23.2 Å². The van der Waals surface area contributed by atoms with Gasteiger partial charge in [0.25, 0.3) is 0 Å². The van der Waals surface area contributed by atoms with Crippen LogP contribution in [0.15, 0.2) is 42.7 Å². The van der Waals surface area contributed by atoms with Gasteiger partial charge in [0.05, 0.1) is 0 Å². The van der Waals surface area contributed by atoms with Crippen LogP contribution in [-0.4, -0.2) is 11.5 Å². The van der Waals surface area contributed by atoms with E-state index < -0.39 is 0 Å². The predicted octanol–water partition coefficient (Wildman–Crippen LogP) is 4.28. The highest BCUT2D eigenvalue weighted by Gasteiger charge is 2.15. The lowest BCUT2D eigenvalue weighted by Crippen LogP contribution is -2.23. The molecule has 0 spiro atoms. The SMILES string of the molecule is CCNC(Cc1c(Cl)cccc1Cl)c1ccncc1. The number of hydrogen-bond acceptors (Lipinski definition) is 2. The van der Waals surface area contributed by atoms with Crippen LogP contribution in [0.25, 0.3) is 0 Å². The van der Waals surface area contributed by atoms with Crippen molar-refractivity contribution in [3.8, 4) is 0 Å². The minimum absolute atomic E-state index is 0.186. The highest BCUT2D eigenvalue weighted by Crippen LogP contribution is 2.29.